The molecule has 0 aliphatic heterocycles. The van der Waals surface area contributed by atoms with Crippen LogP contribution in [0.15, 0.2) is 42.5 Å². The third kappa shape index (κ3) is 4.81. The molecular weight excluding hydrogens is 294 g/mol. The second-order valence-electron chi connectivity index (χ2n) is 4.91. The largest absolute Gasteiger partial charge is 0.496 e. The maximum absolute atomic E-state index is 12.1. The minimum atomic E-state index is -0.285. The lowest BCUT2D eigenvalue weighted by Gasteiger charge is -2.09. The zero-order valence-electron chi connectivity index (χ0n) is 13.1. The number of anilines is 1. The molecule has 0 unspecified atom stereocenters. The topological polar surface area (TPSA) is 80.3 Å². The molecule has 0 fully saturated rings. The highest BCUT2D eigenvalue weighted by Gasteiger charge is 2.09. The van der Waals surface area contributed by atoms with Crippen molar-refractivity contribution in [2.75, 3.05) is 19.0 Å². The van der Waals surface area contributed by atoms with Gasteiger partial charge in [0.15, 0.2) is 0 Å². The van der Waals surface area contributed by atoms with Crippen LogP contribution in [0.5, 0.6) is 5.75 Å². The molecule has 0 atom stereocenters. The molecule has 0 radical (unpaired) electrons. The molecule has 23 heavy (non-hydrogen) atoms. The average molecular weight is 313 g/mol. The molecule has 6 heteroatoms. The number of aromatic nitrogens is 1. The third-order valence-corrected chi connectivity index (χ3v) is 3.16. The van der Waals surface area contributed by atoms with Gasteiger partial charge in [0.1, 0.15) is 17.3 Å². The lowest BCUT2D eigenvalue weighted by atomic mass is 10.1. The highest BCUT2D eigenvalue weighted by Crippen LogP contribution is 2.17. The molecule has 0 spiro atoms. The molecule has 2 rings (SSSR count). The van der Waals surface area contributed by atoms with E-state index in [2.05, 4.69) is 15.6 Å². The Balaban J connectivity index is 1.93. The number of benzene rings is 1. The molecule has 1 aromatic heterocycles. The van der Waals surface area contributed by atoms with Gasteiger partial charge in [-0.3, -0.25) is 9.59 Å². The number of nitrogens with one attached hydrogen (secondary N) is 2. The molecule has 0 saturated heterocycles. The predicted octanol–water partition coefficient (Wildman–Crippen LogP) is 2.02. The number of ether oxygens (including phenoxy) is 1. The summed E-state index contributed by atoms with van der Waals surface area (Å²) in [7, 11) is 1.62. The number of amides is 2. The lowest BCUT2D eigenvalue weighted by molar-refractivity contribution is -0.114. The fourth-order valence-electron chi connectivity index (χ4n) is 2.12. The molecule has 2 N–H and O–H groups in total. The van der Waals surface area contributed by atoms with Crippen LogP contribution in [-0.4, -0.2) is 30.5 Å². The van der Waals surface area contributed by atoms with Gasteiger partial charge in [-0.05, 0) is 30.2 Å². The summed E-state index contributed by atoms with van der Waals surface area (Å²) in [6.45, 7) is 1.85. The van der Waals surface area contributed by atoms with Crippen LogP contribution in [0.4, 0.5) is 5.82 Å². The van der Waals surface area contributed by atoms with Crippen LogP contribution in [0.3, 0.4) is 0 Å². The van der Waals surface area contributed by atoms with Gasteiger partial charge >= 0.3 is 0 Å². The quantitative estimate of drug-likeness (QED) is 0.855. The lowest BCUT2D eigenvalue weighted by Crippen LogP contribution is -2.27. The van der Waals surface area contributed by atoms with E-state index in [1.165, 1.54) is 6.92 Å². The molecule has 6 nitrogen and oxygen atoms in total. The van der Waals surface area contributed by atoms with Gasteiger partial charge < -0.3 is 15.4 Å². The monoisotopic (exact) mass is 313 g/mol. The number of nitrogens with zero attached hydrogens (tertiary/aromatic N) is 1. The smallest absolute Gasteiger partial charge is 0.269 e. The first kappa shape index (κ1) is 16.5. The molecule has 0 saturated carbocycles. The molecule has 0 aliphatic rings. The Hall–Kier alpha value is -2.89. The first-order valence-corrected chi connectivity index (χ1v) is 7.25. The summed E-state index contributed by atoms with van der Waals surface area (Å²) in [6, 6.07) is 12.6. The van der Waals surface area contributed by atoms with E-state index < -0.39 is 0 Å². The maximum Gasteiger partial charge on any atom is 0.269 e. The normalized spacial score (nSPS) is 10.0. The van der Waals surface area contributed by atoms with E-state index in [9.17, 15) is 9.59 Å². The van der Waals surface area contributed by atoms with E-state index in [0.717, 1.165) is 11.3 Å². The van der Waals surface area contributed by atoms with Crippen molar-refractivity contribution in [3.05, 3.63) is 53.7 Å². The standard InChI is InChI=1S/C17H19N3O3/c1-12(21)19-16-9-5-7-14(20-16)17(22)18-11-10-13-6-3-4-8-15(13)23-2/h3-9H,10-11H2,1-2H3,(H,18,22)(H,19,20,21). The zero-order chi connectivity index (χ0) is 16.7. The Morgan fingerprint density at radius 3 is 2.65 bits per heavy atom. The predicted molar refractivity (Wildman–Crippen MR) is 87.6 cm³/mol. The highest BCUT2D eigenvalue weighted by atomic mass is 16.5. The van der Waals surface area contributed by atoms with Crippen LogP contribution in [0.2, 0.25) is 0 Å². The molecular formula is C17H19N3O3. The van der Waals surface area contributed by atoms with Crippen molar-refractivity contribution in [2.45, 2.75) is 13.3 Å². The first-order chi connectivity index (χ1) is 11.1. The number of carbonyl (C=O) groups is 2. The van der Waals surface area contributed by atoms with Gasteiger partial charge in [-0.15, -0.1) is 0 Å². The number of hydrogen-bond acceptors (Lipinski definition) is 4. The summed E-state index contributed by atoms with van der Waals surface area (Å²) in [5, 5.41) is 5.36. The highest BCUT2D eigenvalue weighted by molar-refractivity contribution is 5.93. The second kappa shape index (κ2) is 7.93. The van der Waals surface area contributed by atoms with Gasteiger partial charge in [0.25, 0.3) is 5.91 Å². The van der Waals surface area contributed by atoms with Crippen LogP contribution in [0.25, 0.3) is 0 Å². The Morgan fingerprint density at radius 2 is 1.91 bits per heavy atom. The van der Waals surface area contributed by atoms with E-state index in [1.54, 1.807) is 25.3 Å². The van der Waals surface area contributed by atoms with Crippen molar-refractivity contribution in [3.63, 3.8) is 0 Å². The van der Waals surface area contributed by atoms with E-state index >= 15 is 0 Å². The van der Waals surface area contributed by atoms with Crippen LogP contribution < -0.4 is 15.4 Å². The third-order valence-electron chi connectivity index (χ3n) is 3.16. The number of methoxy groups -OCH3 is 1. The SMILES string of the molecule is COc1ccccc1CCNC(=O)c1cccc(NC(C)=O)n1. The van der Waals surface area contributed by atoms with Gasteiger partial charge in [0, 0.05) is 13.5 Å². The summed E-state index contributed by atoms with van der Waals surface area (Å²) < 4.78 is 5.27. The molecule has 0 aliphatic carbocycles. The molecule has 2 amide bonds. The number of para-hydroxylation sites is 1. The van der Waals surface area contributed by atoms with Crippen LogP contribution >= 0.6 is 0 Å². The van der Waals surface area contributed by atoms with E-state index in [-0.39, 0.29) is 17.5 Å². The summed E-state index contributed by atoms with van der Waals surface area (Å²) in [6.07, 6.45) is 0.654. The van der Waals surface area contributed by atoms with E-state index in [0.29, 0.717) is 18.8 Å². The van der Waals surface area contributed by atoms with Crippen LogP contribution in [0, 0.1) is 0 Å². The Morgan fingerprint density at radius 1 is 1.13 bits per heavy atom. The Labute approximate surface area is 134 Å². The first-order valence-electron chi connectivity index (χ1n) is 7.25. The number of carbonyl (C=O) groups excluding carboxylic acids is 2. The minimum Gasteiger partial charge on any atom is -0.496 e. The fourth-order valence-corrected chi connectivity index (χ4v) is 2.12. The van der Waals surface area contributed by atoms with E-state index in [4.69, 9.17) is 4.74 Å². The summed E-state index contributed by atoms with van der Waals surface area (Å²) in [4.78, 5) is 27.2. The van der Waals surface area contributed by atoms with Gasteiger partial charge in [0.05, 0.1) is 7.11 Å². The van der Waals surface area contributed by atoms with E-state index in [1.807, 2.05) is 24.3 Å². The fraction of sp³-hybridized carbons (Fsp3) is 0.235. The molecule has 0 bridgehead atoms. The summed E-state index contributed by atoms with van der Waals surface area (Å²) >= 11 is 0. The van der Waals surface area contributed by atoms with Gasteiger partial charge in [0.2, 0.25) is 5.91 Å². The van der Waals surface area contributed by atoms with Crippen molar-refractivity contribution in [1.29, 1.82) is 0 Å². The van der Waals surface area contributed by atoms with Gasteiger partial charge in [-0.2, -0.15) is 0 Å². The van der Waals surface area contributed by atoms with Crippen LogP contribution in [-0.2, 0) is 11.2 Å². The average Bonchev–Trinajstić information content (AvgIpc) is 2.55. The summed E-state index contributed by atoms with van der Waals surface area (Å²) in [5.74, 6) is 0.640. The van der Waals surface area contributed by atoms with Crippen molar-refractivity contribution in [1.82, 2.24) is 10.3 Å². The van der Waals surface area contributed by atoms with Crippen molar-refractivity contribution in [2.24, 2.45) is 0 Å². The van der Waals surface area contributed by atoms with Crippen molar-refractivity contribution < 1.29 is 14.3 Å². The molecule has 1 heterocycles. The number of hydrogen-bond donors (Lipinski definition) is 2. The number of pyridine rings is 1. The second-order valence-corrected chi connectivity index (χ2v) is 4.91. The van der Waals surface area contributed by atoms with Gasteiger partial charge in [-0.25, -0.2) is 4.98 Å². The molecule has 1 aromatic carbocycles. The zero-order valence-corrected chi connectivity index (χ0v) is 13.1. The summed E-state index contributed by atoms with van der Waals surface area (Å²) in [5.41, 5.74) is 1.28. The van der Waals surface area contributed by atoms with Crippen molar-refractivity contribution >= 4 is 17.6 Å². The molecule has 2 aromatic rings. The minimum absolute atomic E-state index is 0.230. The van der Waals surface area contributed by atoms with Gasteiger partial charge in [-0.1, -0.05) is 24.3 Å². The maximum atomic E-state index is 12.1. The molecule has 120 valence electrons. The Bertz CT molecular complexity index is 701. The van der Waals surface area contributed by atoms with Crippen LogP contribution in [0.1, 0.15) is 23.0 Å². The van der Waals surface area contributed by atoms with Crippen molar-refractivity contribution in [3.8, 4) is 5.75 Å². The Kier molecular flexibility index (Phi) is 5.68. The number of rotatable bonds is 6.